The van der Waals surface area contributed by atoms with Crippen LogP contribution in [0, 0.1) is 13.1 Å². The molecule has 2 N–H and O–H groups in total. The largest absolute Gasteiger partial charge is 0.490 e. The van der Waals surface area contributed by atoms with Gasteiger partial charge in [0, 0.05) is 10.6 Å². The molecule has 2 aromatic rings. The molecule has 2 rings (SSSR count). The van der Waals surface area contributed by atoms with Crippen LogP contribution >= 0.6 is 11.6 Å². The van der Waals surface area contributed by atoms with Crippen LogP contribution < -0.4 is 10.5 Å². The van der Waals surface area contributed by atoms with Crippen molar-refractivity contribution in [2.75, 3.05) is 12.8 Å². The van der Waals surface area contributed by atoms with Crippen LogP contribution in [0.1, 0.15) is 0 Å². The zero-order valence-corrected chi connectivity index (χ0v) is 11.3. The molecule has 0 spiro atoms. The van der Waals surface area contributed by atoms with Crippen molar-refractivity contribution in [1.29, 1.82) is 0 Å². The van der Waals surface area contributed by atoms with Crippen LogP contribution in [0.2, 0.25) is 5.02 Å². The maximum Gasteiger partial charge on any atom is 0.244 e. The summed E-state index contributed by atoms with van der Waals surface area (Å²) in [5.41, 5.74) is 7.06. The third-order valence-electron chi connectivity index (χ3n) is 2.67. The van der Waals surface area contributed by atoms with E-state index in [1.54, 1.807) is 24.3 Å². The lowest BCUT2D eigenvalue weighted by Gasteiger charge is -2.12. The summed E-state index contributed by atoms with van der Waals surface area (Å²) < 4.78 is 5.07. The minimum atomic E-state index is 0.0271. The third-order valence-corrected chi connectivity index (χ3v) is 2.91. The van der Waals surface area contributed by atoms with Crippen molar-refractivity contribution in [3.05, 3.63) is 52.1 Å². The summed E-state index contributed by atoms with van der Waals surface area (Å²) in [5.74, 6) is 0.124. The first-order valence-corrected chi connectivity index (χ1v) is 5.88. The van der Waals surface area contributed by atoms with Gasteiger partial charge >= 0.3 is 0 Å². The SMILES string of the molecule is [C-]#[N+]c1c(N)nc(OC)c([N+]#[C-])c1-c1cccc(Cl)c1. The minimum absolute atomic E-state index is 0.0271. The lowest BCUT2D eigenvalue weighted by Crippen LogP contribution is -1.97. The Morgan fingerprint density at radius 2 is 1.95 bits per heavy atom. The first-order valence-electron chi connectivity index (χ1n) is 5.50. The van der Waals surface area contributed by atoms with Gasteiger partial charge in [-0.2, -0.15) is 0 Å². The second-order valence-corrected chi connectivity index (χ2v) is 4.25. The molecule has 5 nitrogen and oxygen atoms in total. The molecule has 0 aliphatic rings. The number of benzene rings is 1. The van der Waals surface area contributed by atoms with E-state index < -0.39 is 0 Å². The molecule has 98 valence electrons. The predicted octanol–water partition coefficient (Wildman–Crippen LogP) is 4.09. The van der Waals surface area contributed by atoms with Crippen LogP contribution in [-0.4, -0.2) is 12.1 Å². The average Bonchev–Trinajstić information content (AvgIpc) is 2.45. The topological polar surface area (TPSA) is 56.9 Å². The average molecular weight is 285 g/mol. The number of nitrogen functional groups attached to an aromatic ring is 1. The monoisotopic (exact) mass is 284 g/mol. The molecule has 1 aromatic carbocycles. The molecule has 0 amide bonds. The maximum atomic E-state index is 7.30. The molecule has 0 aliphatic heterocycles. The predicted molar refractivity (Wildman–Crippen MR) is 78.2 cm³/mol. The van der Waals surface area contributed by atoms with Crippen LogP contribution in [0.5, 0.6) is 5.88 Å². The Kier molecular flexibility index (Phi) is 3.74. The number of anilines is 1. The number of nitrogens with two attached hydrogens (primary N) is 1. The number of nitrogens with zero attached hydrogens (tertiary/aromatic N) is 3. The van der Waals surface area contributed by atoms with Gasteiger partial charge in [-0.05, 0) is 17.7 Å². The molecular weight excluding hydrogens is 276 g/mol. The highest BCUT2D eigenvalue weighted by Gasteiger charge is 2.21. The molecule has 0 saturated carbocycles. The highest BCUT2D eigenvalue weighted by Crippen LogP contribution is 2.46. The fourth-order valence-corrected chi connectivity index (χ4v) is 2.03. The smallest absolute Gasteiger partial charge is 0.244 e. The summed E-state index contributed by atoms with van der Waals surface area (Å²) in [4.78, 5) is 10.7. The normalized spacial score (nSPS) is 9.60. The molecule has 0 radical (unpaired) electrons. The molecule has 0 saturated heterocycles. The van der Waals surface area contributed by atoms with Crippen LogP contribution in [0.15, 0.2) is 24.3 Å². The van der Waals surface area contributed by atoms with Crippen LogP contribution in [0.25, 0.3) is 20.8 Å². The van der Waals surface area contributed by atoms with Crippen molar-refractivity contribution in [2.24, 2.45) is 0 Å². The molecule has 20 heavy (non-hydrogen) atoms. The second-order valence-electron chi connectivity index (χ2n) is 3.81. The summed E-state index contributed by atoms with van der Waals surface area (Å²) in [6.45, 7) is 14.6. The minimum Gasteiger partial charge on any atom is -0.490 e. The molecule has 0 fully saturated rings. The van der Waals surface area contributed by atoms with Gasteiger partial charge in [0.2, 0.25) is 17.3 Å². The molecule has 6 heteroatoms. The zero-order valence-electron chi connectivity index (χ0n) is 10.5. The van der Waals surface area contributed by atoms with E-state index in [1.807, 2.05) is 0 Å². The van der Waals surface area contributed by atoms with E-state index in [4.69, 9.17) is 35.2 Å². The number of hydrogen-bond acceptors (Lipinski definition) is 3. The molecular formula is C14H9ClN4O. The first kappa shape index (κ1) is 13.7. The fourth-order valence-electron chi connectivity index (χ4n) is 1.84. The fraction of sp³-hybridized carbons (Fsp3) is 0.0714. The van der Waals surface area contributed by atoms with Crippen molar-refractivity contribution in [2.45, 2.75) is 0 Å². The van der Waals surface area contributed by atoms with E-state index in [0.29, 0.717) is 16.1 Å². The number of pyridine rings is 1. The maximum absolute atomic E-state index is 7.30. The van der Waals surface area contributed by atoms with Crippen LogP contribution in [0.3, 0.4) is 0 Å². The van der Waals surface area contributed by atoms with Gasteiger partial charge in [-0.25, -0.2) is 14.7 Å². The van der Waals surface area contributed by atoms with E-state index in [-0.39, 0.29) is 23.1 Å². The molecule has 0 unspecified atom stereocenters. The van der Waals surface area contributed by atoms with Crippen molar-refractivity contribution >= 4 is 28.8 Å². The lowest BCUT2D eigenvalue weighted by atomic mass is 10.0. The van der Waals surface area contributed by atoms with Crippen molar-refractivity contribution < 1.29 is 4.74 Å². The van der Waals surface area contributed by atoms with Gasteiger partial charge < -0.3 is 10.5 Å². The van der Waals surface area contributed by atoms with Gasteiger partial charge in [-0.3, -0.25) is 0 Å². The Labute approximate surface area is 121 Å². The van der Waals surface area contributed by atoms with Gasteiger partial charge in [0.1, 0.15) is 5.82 Å². The number of ether oxygens (including phenoxy) is 1. The number of methoxy groups -OCH3 is 1. The Morgan fingerprint density at radius 1 is 1.25 bits per heavy atom. The van der Waals surface area contributed by atoms with E-state index >= 15 is 0 Å². The highest BCUT2D eigenvalue weighted by atomic mass is 35.5. The molecule has 0 atom stereocenters. The number of hydrogen-bond donors (Lipinski definition) is 1. The molecule has 1 heterocycles. The first-order chi connectivity index (χ1) is 9.62. The van der Waals surface area contributed by atoms with E-state index in [1.165, 1.54) is 7.11 Å². The van der Waals surface area contributed by atoms with Gasteiger partial charge in [-0.15, -0.1) is 0 Å². The molecule has 1 aromatic heterocycles. The number of rotatable bonds is 2. The second kappa shape index (κ2) is 5.48. The lowest BCUT2D eigenvalue weighted by molar-refractivity contribution is 0.401. The van der Waals surface area contributed by atoms with Gasteiger partial charge in [0.25, 0.3) is 0 Å². The summed E-state index contributed by atoms with van der Waals surface area (Å²) in [6, 6.07) is 6.87. The van der Waals surface area contributed by atoms with Crippen molar-refractivity contribution in [1.82, 2.24) is 4.98 Å². The summed E-state index contributed by atoms with van der Waals surface area (Å²) >= 11 is 5.97. The van der Waals surface area contributed by atoms with E-state index in [0.717, 1.165) is 0 Å². The van der Waals surface area contributed by atoms with Gasteiger partial charge in [0.15, 0.2) is 0 Å². The highest BCUT2D eigenvalue weighted by molar-refractivity contribution is 6.31. The van der Waals surface area contributed by atoms with E-state index in [2.05, 4.69) is 14.7 Å². The van der Waals surface area contributed by atoms with Crippen molar-refractivity contribution in [3.63, 3.8) is 0 Å². The number of halogens is 1. The van der Waals surface area contributed by atoms with Crippen LogP contribution in [-0.2, 0) is 0 Å². The Hall–Kier alpha value is -2.76. The van der Waals surface area contributed by atoms with Gasteiger partial charge in [0.05, 0.1) is 20.3 Å². The number of aromatic nitrogens is 1. The van der Waals surface area contributed by atoms with E-state index in [9.17, 15) is 0 Å². The Bertz CT molecular complexity index is 759. The Balaban J connectivity index is 2.90. The molecule has 0 aliphatic carbocycles. The zero-order chi connectivity index (χ0) is 14.7. The molecule has 0 bridgehead atoms. The summed E-state index contributed by atoms with van der Waals surface area (Å²) in [5, 5.41) is 0.503. The standard InChI is InChI=1S/C14H9ClN4O/c1-17-11-10(8-5-4-6-9(15)7-8)12(18-2)14(20-3)19-13(11)16/h4-7H,3H3,(H2,16,19). The van der Waals surface area contributed by atoms with Gasteiger partial charge in [-0.1, -0.05) is 23.7 Å². The summed E-state index contributed by atoms with van der Waals surface area (Å²) in [7, 11) is 1.40. The van der Waals surface area contributed by atoms with Crippen molar-refractivity contribution in [3.8, 4) is 17.0 Å². The summed E-state index contributed by atoms with van der Waals surface area (Å²) in [6.07, 6.45) is 0. The Morgan fingerprint density at radius 3 is 2.50 bits per heavy atom. The quantitative estimate of drug-likeness (QED) is 0.845. The third kappa shape index (κ3) is 2.23. The van der Waals surface area contributed by atoms with Crippen LogP contribution in [0.4, 0.5) is 17.2 Å².